The third kappa shape index (κ3) is 3.88. The topological polar surface area (TPSA) is 33.6 Å². The zero-order valence-corrected chi connectivity index (χ0v) is 11.9. The summed E-state index contributed by atoms with van der Waals surface area (Å²) in [5, 5.41) is 4.70. The Bertz CT molecular complexity index is 275. The van der Waals surface area contributed by atoms with Crippen LogP contribution in [0.2, 0.25) is 0 Å². The SMILES string of the molecule is CCOC1CC(NC2=NC(CC(C)C)CS2)C1. The Morgan fingerprint density at radius 2 is 2.24 bits per heavy atom. The molecule has 0 amide bonds. The van der Waals surface area contributed by atoms with Crippen LogP contribution in [0.15, 0.2) is 4.99 Å². The molecule has 0 aromatic heterocycles. The van der Waals surface area contributed by atoms with Gasteiger partial charge in [-0.25, -0.2) is 0 Å². The van der Waals surface area contributed by atoms with Crippen LogP contribution in [-0.2, 0) is 4.74 Å². The summed E-state index contributed by atoms with van der Waals surface area (Å²) < 4.78 is 5.56. The molecule has 1 heterocycles. The third-order valence-corrected chi connectivity index (χ3v) is 4.33. The highest BCUT2D eigenvalue weighted by Crippen LogP contribution is 2.27. The minimum Gasteiger partial charge on any atom is -0.378 e. The van der Waals surface area contributed by atoms with Gasteiger partial charge < -0.3 is 10.1 Å². The van der Waals surface area contributed by atoms with Crippen LogP contribution >= 0.6 is 11.8 Å². The molecule has 0 radical (unpaired) electrons. The van der Waals surface area contributed by atoms with Gasteiger partial charge in [-0.2, -0.15) is 0 Å². The van der Waals surface area contributed by atoms with Crippen LogP contribution in [0.1, 0.15) is 40.0 Å². The van der Waals surface area contributed by atoms with Gasteiger partial charge in [0, 0.05) is 18.4 Å². The normalized spacial score (nSPS) is 32.5. The van der Waals surface area contributed by atoms with E-state index in [-0.39, 0.29) is 0 Å². The maximum Gasteiger partial charge on any atom is 0.157 e. The van der Waals surface area contributed by atoms with Crippen LogP contribution in [0.5, 0.6) is 0 Å². The van der Waals surface area contributed by atoms with E-state index < -0.39 is 0 Å². The first-order valence-corrected chi connectivity index (χ1v) is 7.74. The first-order chi connectivity index (χ1) is 8.17. The molecule has 98 valence electrons. The van der Waals surface area contributed by atoms with E-state index >= 15 is 0 Å². The molecule has 0 bridgehead atoms. The standard InChI is InChI=1S/C13H24N2OS/c1-4-16-12-6-10(7-12)14-13-15-11(8-17-13)5-9(2)3/h9-12H,4-8H2,1-3H3,(H,14,15). The lowest BCUT2D eigenvalue weighted by Gasteiger charge is -2.35. The number of hydrogen-bond acceptors (Lipinski definition) is 4. The van der Waals surface area contributed by atoms with E-state index in [9.17, 15) is 0 Å². The number of nitrogens with zero attached hydrogens (tertiary/aromatic N) is 1. The smallest absolute Gasteiger partial charge is 0.157 e. The summed E-state index contributed by atoms with van der Waals surface area (Å²) in [5.74, 6) is 1.90. The van der Waals surface area contributed by atoms with Crippen LogP contribution in [0.25, 0.3) is 0 Å². The fourth-order valence-corrected chi connectivity index (χ4v) is 3.42. The second-order valence-electron chi connectivity index (χ2n) is 5.42. The Hall–Kier alpha value is -0.220. The number of aliphatic imine (C=N–C) groups is 1. The number of thioether (sulfide) groups is 1. The Balaban J connectivity index is 1.67. The highest BCUT2D eigenvalue weighted by atomic mass is 32.2. The zero-order chi connectivity index (χ0) is 12.3. The van der Waals surface area contributed by atoms with E-state index in [1.165, 1.54) is 6.42 Å². The van der Waals surface area contributed by atoms with Crippen molar-refractivity contribution in [2.75, 3.05) is 12.4 Å². The van der Waals surface area contributed by atoms with Gasteiger partial charge in [0.25, 0.3) is 0 Å². The van der Waals surface area contributed by atoms with Gasteiger partial charge in [-0.1, -0.05) is 25.6 Å². The van der Waals surface area contributed by atoms with Crippen molar-refractivity contribution in [2.24, 2.45) is 10.9 Å². The Kier molecular flexibility index (Phi) is 4.74. The van der Waals surface area contributed by atoms with Gasteiger partial charge in [0.05, 0.1) is 12.1 Å². The maximum atomic E-state index is 5.56. The summed E-state index contributed by atoms with van der Waals surface area (Å²) in [6.07, 6.45) is 3.98. The molecular weight excluding hydrogens is 232 g/mol. The zero-order valence-electron chi connectivity index (χ0n) is 11.1. The van der Waals surface area contributed by atoms with Gasteiger partial charge in [0.2, 0.25) is 0 Å². The van der Waals surface area contributed by atoms with Crippen LogP contribution in [0.4, 0.5) is 0 Å². The molecule has 1 N–H and O–H groups in total. The largest absolute Gasteiger partial charge is 0.378 e. The Morgan fingerprint density at radius 1 is 1.47 bits per heavy atom. The lowest BCUT2D eigenvalue weighted by Crippen LogP contribution is -2.46. The first kappa shape index (κ1) is 13.2. The van der Waals surface area contributed by atoms with Crippen molar-refractivity contribution in [3.05, 3.63) is 0 Å². The van der Waals surface area contributed by atoms with Crippen molar-refractivity contribution >= 4 is 16.9 Å². The molecule has 1 atom stereocenters. The molecule has 4 heteroatoms. The summed E-state index contributed by atoms with van der Waals surface area (Å²) in [4.78, 5) is 4.75. The van der Waals surface area contributed by atoms with Crippen molar-refractivity contribution in [1.29, 1.82) is 0 Å². The number of hydrogen-bond donors (Lipinski definition) is 1. The quantitative estimate of drug-likeness (QED) is 0.821. The summed E-state index contributed by atoms with van der Waals surface area (Å²) in [5.41, 5.74) is 0. The molecule has 0 aromatic rings. The molecular formula is C13H24N2OS. The molecule has 17 heavy (non-hydrogen) atoms. The van der Waals surface area contributed by atoms with Gasteiger partial charge >= 0.3 is 0 Å². The highest BCUT2D eigenvalue weighted by Gasteiger charge is 2.31. The number of rotatable bonds is 5. The van der Waals surface area contributed by atoms with Crippen LogP contribution in [0, 0.1) is 5.92 Å². The van der Waals surface area contributed by atoms with Crippen LogP contribution in [-0.4, -0.2) is 35.7 Å². The van der Waals surface area contributed by atoms with Gasteiger partial charge in [0.15, 0.2) is 5.17 Å². The maximum absolute atomic E-state index is 5.56. The first-order valence-electron chi connectivity index (χ1n) is 6.76. The molecule has 1 aliphatic heterocycles. The fraction of sp³-hybridized carbons (Fsp3) is 0.923. The Labute approximate surface area is 109 Å². The van der Waals surface area contributed by atoms with E-state index in [4.69, 9.17) is 9.73 Å². The predicted octanol–water partition coefficient (Wildman–Crippen LogP) is 2.66. The monoisotopic (exact) mass is 256 g/mol. The molecule has 0 spiro atoms. The fourth-order valence-electron chi connectivity index (χ4n) is 2.39. The average molecular weight is 256 g/mol. The molecule has 1 aliphatic carbocycles. The van der Waals surface area contributed by atoms with Crippen molar-refractivity contribution in [3.63, 3.8) is 0 Å². The molecule has 0 saturated heterocycles. The van der Waals surface area contributed by atoms with Crippen molar-refractivity contribution in [1.82, 2.24) is 5.32 Å². The van der Waals surface area contributed by atoms with Crippen molar-refractivity contribution in [2.45, 2.75) is 58.2 Å². The molecule has 2 rings (SSSR count). The summed E-state index contributed by atoms with van der Waals surface area (Å²) in [6.45, 7) is 7.44. The highest BCUT2D eigenvalue weighted by molar-refractivity contribution is 8.14. The second kappa shape index (κ2) is 6.10. The molecule has 0 aromatic carbocycles. The minimum absolute atomic E-state index is 0.482. The van der Waals surface area contributed by atoms with E-state index in [1.54, 1.807) is 0 Å². The predicted molar refractivity (Wildman–Crippen MR) is 74.7 cm³/mol. The number of amidine groups is 1. The number of ether oxygens (including phenoxy) is 1. The number of nitrogens with one attached hydrogen (secondary N) is 1. The van der Waals surface area contributed by atoms with Crippen LogP contribution < -0.4 is 5.32 Å². The van der Waals surface area contributed by atoms with E-state index in [2.05, 4.69) is 26.1 Å². The van der Waals surface area contributed by atoms with Crippen molar-refractivity contribution < 1.29 is 4.74 Å². The van der Waals surface area contributed by atoms with Gasteiger partial charge in [0.1, 0.15) is 0 Å². The van der Waals surface area contributed by atoms with E-state index in [1.807, 2.05) is 11.8 Å². The minimum atomic E-state index is 0.482. The molecule has 3 nitrogen and oxygen atoms in total. The van der Waals surface area contributed by atoms with E-state index in [0.29, 0.717) is 18.2 Å². The van der Waals surface area contributed by atoms with Gasteiger partial charge in [-0.05, 0) is 32.1 Å². The second-order valence-corrected chi connectivity index (χ2v) is 6.43. The summed E-state index contributed by atoms with van der Waals surface area (Å²) in [7, 11) is 0. The van der Waals surface area contributed by atoms with E-state index in [0.717, 1.165) is 36.3 Å². The third-order valence-electron chi connectivity index (χ3n) is 3.28. The van der Waals surface area contributed by atoms with Crippen LogP contribution in [0.3, 0.4) is 0 Å². The molecule has 1 fully saturated rings. The van der Waals surface area contributed by atoms with Crippen molar-refractivity contribution in [3.8, 4) is 0 Å². The van der Waals surface area contributed by atoms with Gasteiger partial charge in [-0.3, -0.25) is 4.99 Å². The Morgan fingerprint density at radius 3 is 2.88 bits per heavy atom. The lowest BCUT2D eigenvalue weighted by atomic mass is 9.89. The average Bonchev–Trinajstić information content (AvgIpc) is 2.61. The summed E-state index contributed by atoms with van der Waals surface area (Å²) in [6, 6.07) is 1.13. The van der Waals surface area contributed by atoms with Gasteiger partial charge in [-0.15, -0.1) is 0 Å². The molecule has 2 aliphatic rings. The lowest BCUT2D eigenvalue weighted by molar-refractivity contribution is -0.00542. The molecule has 1 saturated carbocycles. The summed E-state index contributed by atoms with van der Waals surface area (Å²) >= 11 is 1.88. The molecule has 1 unspecified atom stereocenters.